The van der Waals surface area contributed by atoms with E-state index < -0.39 is 0 Å². The fourth-order valence-electron chi connectivity index (χ4n) is 2.17. The number of benzene rings is 1. The van der Waals surface area contributed by atoms with Crippen molar-refractivity contribution in [1.29, 1.82) is 0 Å². The molecule has 2 rings (SSSR count). The average molecular weight is 306 g/mol. The molecule has 0 saturated heterocycles. The summed E-state index contributed by atoms with van der Waals surface area (Å²) in [6.07, 6.45) is 1.70. The van der Waals surface area contributed by atoms with Crippen LogP contribution in [0.25, 0.3) is 0 Å². The van der Waals surface area contributed by atoms with Gasteiger partial charge >= 0.3 is 0 Å². The maximum atomic E-state index is 6.15. The number of nitrogens with zero attached hydrogens (tertiary/aromatic N) is 2. The maximum absolute atomic E-state index is 6.15. The van der Waals surface area contributed by atoms with Gasteiger partial charge in [-0.25, -0.2) is 4.98 Å². The van der Waals surface area contributed by atoms with Gasteiger partial charge in [0, 0.05) is 31.9 Å². The highest BCUT2D eigenvalue weighted by Gasteiger charge is 2.10. The second kappa shape index (κ2) is 7.29. The number of hydrogen-bond acceptors (Lipinski definition) is 4. The Morgan fingerprint density at radius 1 is 1.29 bits per heavy atom. The molecule has 2 aromatic rings. The fourth-order valence-corrected chi connectivity index (χ4v) is 2.34. The summed E-state index contributed by atoms with van der Waals surface area (Å²) < 4.78 is 5.39. The Morgan fingerprint density at radius 3 is 2.76 bits per heavy atom. The molecule has 1 aromatic carbocycles. The van der Waals surface area contributed by atoms with Gasteiger partial charge in [0.1, 0.15) is 11.6 Å². The van der Waals surface area contributed by atoms with Crippen LogP contribution < -0.4 is 15.0 Å². The minimum absolute atomic E-state index is 0.679. The Hall–Kier alpha value is -1.78. The molecule has 0 aliphatic carbocycles. The van der Waals surface area contributed by atoms with Crippen LogP contribution in [0.3, 0.4) is 0 Å². The van der Waals surface area contributed by atoms with Crippen LogP contribution in [0.15, 0.2) is 36.5 Å². The molecule has 1 heterocycles. The van der Waals surface area contributed by atoms with Gasteiger partial charge in [-0.3, -0.25) is 0 Å². The van der Waals surface area contributed by atoms with Crippen molar-refractivity contribution in [2.75, 3.05) is 26.1 Å². The van der Waals surface area contributed by atoms with Gasteiger partial charge in [0.25, 0.3) is 0 Å². The van der Waals surface area contributed by atoms with E-state index in [1.165, 1.54) is 0 Å². The third kappa shape index (κ3) is 3.86. The molecule has 1 N–H and O–H groups in total. The molecule has 0 unspecified atom stereocenters. The average Bonchev–Trinajstić information content (AvgIpc) is 2.50. The summed E-state index contributed by atoms with van der Waals surface area (Å²) in [4.78, 5) is 6.47. The summed E-state index contributed by atoms with van der Waals surface area (Å²) in [7, 11) is 5.59. The topological polar surface area (TPSA) is 37.4 Å². The van der Waals surface area contributed by atoms with Crippen LogP contribution >= 0.6 is 11.6 Å². The van der Waals surface area contributed by atoms with E-state index in [9.17, 15) is 0 Å². The van der Waals surface area contributed by atoms with Crippen LogP contribution in [0.4, 0.5) is 5.82 Å². The minimum Gasteiger partial charge on any atom is -0.496 e. The molecule has 0 aliphatic rings. The van der Waals surface area contributed by atoms with Crippen LogP contribution in [0, 0.1) is 0 Å². The third-order valence-corrected chi connectivity index (χ3v) is 3.62. The molecule has 0 fully saturated rings. The summed E-state index contributed by atoms with van der Waals surface area (Å²) in [6, 6.07) is 10.0. The summed E-state index contributed by atoms with van der Waals surface area (Å²) in [5, 5.41) is 3.79. The quantitative estimate of drug-likeness (QED) is 0.890. The number of halogens is 1. The number of para-hydroxylation sites is 1. The van der Waals surface area contributed by atoms with Crippen molar-refractivity contribution in [2.24, 2.45) is 0 Å². The third-order valence-electron chi connectivity index (χ3n) is 3.28. The Morgan fingerprint density at radius 2 is 2.05 bits per heavy atom. The smallest absolute Gasteiger partial charge is 0.128 e. The van der Waals surface area contributed by atoms with E-state index in [-0.39, 0.29) is 0 Å². The summed E-state index contributed by atoms with van der Waals surface area (Å²) in [5.41, 5.74) is 2.16. The maximum Gasteiger partial charge on any atom is 0.128 e. The molecule has 0 radical (unpaired) electrons. The number of methoxy groups -OCH3 is 1. The molecule has 1 aromatic heterocycles. The number of nitrogens with one attached hydrogen (secondary N) is 1. The van der Waals surface area contributed by atoms with Gasteiger partial charge in [-0.05, 0) is 24.7 Å². The first-order valence-electron chi connectivity index (χ1n) is 6.77. The van der Waals surface area contributed by atoms with Crippen LogP contribution in [-0.2, 0) is 13.1 Å². The van der Waals surface area contributed by atoms with Crippen molar-refractivity contribution in [2.45, 2.75) is 13.1 Å². The molecule has 0 bridgehead atoms. The summed E-state index contributed by atoms with van der Waals surface area (Å²) in [5.74, 6) is 1.77. The predicted octanol–water partition coefficient (Wildman–Crippen LogP) is 3.10. The predicted molar refractivity (Wildman–Crippen MR) is 87.1 cm³/mol. The van der Waals surface area contributed by atoms with Crippen molar-refractivity contribution in [3.8, 4) is 5.75 Å². The van der Waals surface area contributed by atoms with Crippen molar-refractivity contribution in [1.82, 2.24) is 10.3 Å². The van der Waals surface area contributed by atoms with E-state index in [0.29, 0.717) is 5.02 Å². The first-order chi connectivity index (χ1) is 10.2. The normalized spacial score (nSPS) is 10.5. The first kappa shape index (κ1) is 15.6. The number of pyridine rings is 1. The second-order valence-corrected chi connectivity index (χ2v) is 5.24. The number of anilines is 1. The Kier molecular flexibility index (Phi) is 5.42. The van der Waals surface area contributed by atoms with E-state index in [1.54, 1.807) is 13.3 Å². The van der Waals surface area contributed by atoms with Gasteiger partial charge in [-0.15, -0.1) is 0 Å². The first-order valence-corrected chi connectivity index (χ1v) is 7.15. The lowest BCUT2D eigenvalue weighted by molar-refractivity contribution is 0.409. The van der Waals surface area contributed by atoms with E-state index in [4.69, 9.17) is 16.3 Å². The van der Waals surface area contributed by atoms with E-state index in [0.717, 1.165) is 35.8 Å². The number of hydrogen-bond donors (Lipinski definition) is 1. The number of rotatable bonds is 6. The van der Waals surface area contributed by atoms with Gasteiger partial charge in [0.05, 0.1) is 12.1 Å². The van der Waals surface area contributed by atoms with Crippen molar-refractivity contribution >= 4 is 17.4 Å². The summed E-state index contributed by atoms with van der Waals surface area (Å²) in [6.45, 7) is 1.44. The minimum atomic E-state index is 0.679. The molecule has 4 nitrogen and oxygen atoms in total. The van der Waals surface area contributed by atoms with E-state index in [2.05, 4.69) is 21.3 Å². The molecule has 0 amide bonds. The zero-order chi connectivity index (χ0) is 15.2. The molecule has 0 atom stereocenters. The lowest BCUT2D eigenvalue weighted by Gasteiger charge is -2.20. The zero-order valence-electron chi connectivity index (χ0n) is 12.6. The standard InChI is InChI=1S/C16H20ClN3O/c1-18-9-13-8-16(19-10-14(13)17)20(2)11-12-6-4-5-7-15(12)21-3/h4-8,10,18H,9,11H2,1-3H3. The fraction of sp³-hybridized carbons (Fsp3) is 0.312. The highest BCUT2D eigenvalue weighted by molar-refractivity contribution is 6.31. The zero-order valence-corrected chi connectivity index (χ0v) is 13.3. The lowest BCUT2D eigenvalue weighted by atomic mass is 10.2. The molecular formula is C16H20ClN3O. The van der Waals surface area contributed by atoms with E-state index >= 15 is 0 Å². The second-order valence-electron chi connectivity index (χ2n) is 4.83. The van der Waals surface area contributed by atoms with Crippen LogP contribution in [0.2, 0.25) is 5.02 Å². The van der Waals surface area contributed by atoms with Crippen LogP contribution in [0.1, 0.15) is 11.1 Å². The highest BCUT2D eigenvalue weighted by atomic mass is 35.5. The largest absolute Gasteiger partial charge is 0.496 e. The van der Waals surface area contributed by atoms with Crippen LogP contribution in [0.5, 0.6) is 5.75 Å². The van der Waals surface area contributed by atoms with Crippen LogP contribution in [-0.4, -0.2) is 26.2 Å². The van der Waals surface area contributed by atoms with Crippen molar-refractivity contribution in [3.05, 3.63) is 52.7 Å². The van der Waals surface area contributed by atoms with Gasteiger partial charge in [-0.1, -0.05) is 29.8 Å². The number of ether oxygens (including phenoxy) is 1. The molecular weight excluding hydrogens is 286 g/mol. The Balaban J connectivity index is 2.20. The van der Waals surface area contributed by atoms with Crippen molar-refractivity contribution < 1.29 is 4.74 Å². The number of aromatic nitrogens is 1. The molecule has 0 saturated carbocycles. The Labute approximate surface area is 130 Å². The van der Waals surface area contributed by atoms with Gasteiger partial charge in [0.15, 0.2) is 0 Å². The Bertz CT molecular complexity index is 604. The van der Waals surface area contributed by atoms with E-state index in [1.807, 2.05) is 38.4 Å². The van der Waals surface area contributed by atoms with Gasteiger partial charge in [0.2, 0.25) is 0 Å². The SMILES string of the molecule is CNCc1cc(N(C)Cc2ccccc2OC)ncc1Cl. The van der Waals surface area contributed by atoms with Gasteiger partial charge < -0.3 is 15.0 Å². The summed E-state index contributed by atoms with van der Waals surface area (Å²) >= 11 is 6.15. The molecule has 21 heavy (non-hydrogen) atoms. The molecule has 0 spiro atoms. The monoisotopic (exact) mass is 305 g/mol. The molecule has 112 valence electrons. The van der Waals surface area contributed by atoms with Crippen molar-refractivity contribution in [3.63, 3.8) is 0 Å². The van der Waals surface area contributed by atoms with Gasteiger partial charge in [-0.2, -0.15) is 0 Å². The lowest BCUT2D eigenvalue weighted by Crippen LogP contribution is -2.19. The molecule has 5 heteroatoms. The molecule has 0 aliphatic heterocycles. The highest BCUT2D eigenvalue weighted by Crippen LogP contribution is 2.23.